The van der Waals surface area contributed by atoms with Crippen LogP contribution in [-0.4, -0.2) is 20.8 Å². The molecule has 1 aliphatic carbocycles. The second kappa shape index (κ2) is 3.96. The van der Waals surface area contributed by atoms with Crippen LogP contribution < -0.4 is 0 Å². The van der Waals surface area contributed by atoms with E-state index in [9.17, 15) is 8.42 Å². The normalized spacial score (nSPS) is 36.1. The van der Waals surface area contributed by atoms with Crippen molar-refractivity contribution in [2.45, 2.75) is 39.2 Å². The predicted octanol–water partition coefficient (Wildman–Crippen LogP) is 1.79. The van der Waals surface area contributed by atoms with Gasteiger partial charge in [-0.1, -0.05) is 20.3 Å². The Hall–Kier alpha value is -0.0900. The Morgan fingerprint density at radius 3 is 2.00 bits per heavy atom. The molecule has 0 N–H and O–H groups in total. The molecule has 2 unspecified atom stereocenters. The van der Waals surface area contributed by atoms with E-state index < -0.39 is 10.1 Å². The van der Waals surface area contributed by atoms with Crippen LogP contribution in [0.2, 0.25) is 0 Å². The molecule has 0 heterocycles. The Morgan fingerprint density at radius 2 is 1.62 bits per heavy atom. The van der Waals surface area contributed by atoms with Crippen molar-refractivity contribution in [1.82, 2.24) is 0 Å². The van der Waals surface area contributed by atoms with Gasteiger partial charge >= 0.3 is 0 Å². The average molecular weight is 206 g/mol. The highest BCUT2D eigenvalue weighted by molar-refractivity contribution is 7.86. The summed E-state index contributed by atoms with van der Waals surface area (Å²) in [6.45, 7) is 4.12. The van der Waals surface area contributed by atoms with Gasteiger partial charge in [0.05, 0.1) is 12.4 Å². The van der Waals surface area contributed by atoms with Crippen LogP contribution in [0.1, 0.15) is 33.1 Å². The highest BCUT2D eigenvalue weighted by atomic mass is 32.2. The van der Waals surface area contributed by atoms with Crippen molar-refractivity contribution in [1.29, 1.82) is 0 Å². The van der Waals surface area contributed by atoms with Crippen LogP contribution in [0.5, 0.6) is 0 Å². The Morgan fingerprint density at radius 1 is 1.15 bits per heavy atom. The maximum atomic E-state index is 11.0. The smallest absolute Gasteiger partial charge is 0.264 e. The summed E-state index contributed by atoms with van der Waals surface area (Å²) < 4.78 is 27.0. The standard InChI is InChI=1S/C9H18O3S/c1-7-5-4-6-8(2)9(7)12-13(3,10)11/h7-9H,4-6H2,1-3H3. The van der Waals surface area contributed by atoms with E-state index in [1.165, 1.54) is 6.42 Å². The highest BCUT2D eigenvalue weighted by Crippen LogP contribution is 2.31. The molecule has 0 aliphatic heterocycles. The van der Waals surface area contributed by atoms with Crippen molar-refractivity contribution in [2.75, 3.05) is 6.26 Å². The molecule has 1 fully saturated rings. The van der Waals surface area contributed by atoms with E-state index in [-0.39, 0.29) is 6.10 Å². The van der Waals surface area contributed by atoms with Crippen LogP contribution >= 0.6 is 0 Å². The van der Waals surface area contributed by atoms with E-state index in [1.54, 1.807) is 0 Å². The average Bonchev–Trinajstić information content (AvgIpc) is 1.95. The fraction of sp³-hybridized carbons (Fsp3) is 1.00. The van der Waals surface area contributed by atoms with E-state index in [2.05, 4.69) is 13.8 Å². The van der Waals surface area contributed by atoms with Gasteiger partial charge in [-0.15, -0.1) is 0 Å². The molecule has 1 aliphatic rings. The fourth-order valence-corrected chi connectivity index (χ4v) is 2.83. The van der Waals surface area contributed by atoms with Crippen LogP contribution in [0.3, 0.4) is 0 Å². The van der Waals surface area contributed by atoms with Gasteiger partial charge in [0.25, 0.3) is 10.1 Å². The van der Waals surface area contributed by atoms with Crippen LogP contribution in [0.4, 0.5) is 0 Å². The minimum atomic E-state index is -3.29. The van der Waals surface area contributed by atoms with Crippen molar-refractivity contribution in [3.8, 4) is 0 Å². The quantitative estimate of drug-likeness (QED) is 0.647. The van der Waals surface area contributed by atoms with E-state index in [0.717, 1.165) is 19.1 Å². The molecular formula is C9H18O3S. The van der Waals surface area contributed by atoms with Crippen LogP contribution in [0, 0.1) is 11.8 Å². The molecule has 78 valence electrons. The van der Waals surface area contributed by atoms with Gasteiger partial charge in [-0.3, -0.25) is 4.18 Å². The second-order valence-electron chi connectivity index (χ2n) is 4.15. The lowest BCUT2D eigenvalue weighted by molar-refractivity contribution is 0.0619. The predicted molar refractivity (Wildman–Crippen MR) is 51.9 cm³/mol. The number of hydrogen-bond donors (Lipinski definition) is 0. The summed E-state index contributed by atoms with van der Waals surface area (Å²) in [6, 6.07) is 0. The molecule has 0 radical (unpaired) electrons. The zero-order valence-electron chi connectivity index (χ0n) is 8.49. The van der Waals surface area contributed by atoms with Gasteiger partial charge in [-0.25, -0.2) is 0 Å². The largest absolute Gasteiger partial charge is 0.266 e. The molecule has 4 heteroatoms. The lowest BCUT2D eigenvalue weighted by Gasteiger charge is -2.33. The third kappa shape index (κ3) is 3.27. The number of hydrogen-bond acceptors (Lipinski definition) is 3. The molecule has 1 saturated carbocycles. The maximum Gasteiger partial charge on any atom is 0.264 e. The summed E-state index contributed by atoms with van der Waals surface area (Å²) >= 11 is 0. The van der Waals surface area contributed by atoms with E-state index in [1.807, 2.05) is 0 Å². The van der Waals surface area contributed by atoms with Crippen molar-refractivity contribution in [3.63, 3.8) is 0 Å². The second-order valence-corrected chi connectivity index (χ2v) is 5.75. The molecule has 0 aromatic heterocycles. The summed E-state index contributed by atoms with van der Waals surface area (Å²) in [7, 11) is -3.29. The van der Waals surface area contributed by atoms with Gasteiger partial charge in [0.2, 0.25) is 0 Å². The lowest BCUT2D eigenvalue weighted by atomic mass is 9.81. The summed E-state index contributed by atoms with van der Waals surface area (Å²) in [5.74, 6) is 0.719. The first kappa shape index (κ1) is 11.0. The molecule has 3 nitrogen and oxygen atoms in total. The van der Waals surface area contributed by atoms with Crippen molar-refractivity contribution in [2.24, 2.45) is 11.8 Å². The van der Waals surface area contributed by atoms with Crippen LogP contribution in [0.25, 0.3) is 0 Å². The Kier molecular flexibility index (Phi) is 3.35. The third-order valence-corrected chi connectivity index (χ3v) is 3.30. The summed E-state index contributed by atoms with van der Waals surface area (Å²) in [5, 5.41) is 0. The van der Waals surface area contributed by atoms with Gasteiger partial charge in [0.15, 0.2) is 0 Å². The molecule has 0 aromatic rings. The topological polar surface area (TPSA) is 43.4 Å². The van der Waals surface area contributed by atoms with Crippen LogP contribution in [0.15, 0.2) is 0 Å². The zero-order valence-corrected chi connectivity index (χ0v) is 9.30. The molecule has 0 saturated heterocycles. The fourth-order valence-electron chi connectivity index (χ4n) is 2.04. The highest BCUT2D eigenvalue weighted by Gasteiger charge is 2.31. The molecule has 1 rings (SSSR count). The monoisotopic (exact) mass is 206 g/mol. The SMILES string of the molecule is CC1CCCC(C)C1OS(C)(=O)=O. The molecule has 0 aromatic carbocycles. The van der Waals surface area contributed by atoms with Gasteiger partial charge in [0.1, 0.15) is 0 Å². The third-order valence-electron chi connectivity index (χ3n) is 2.73. The van der Waals surface area contributed by atoms with Crippen molar-refractivity contribution >= 4 is 10.1 Å². The molecule has 2 atom stereocenters. The van der Waals surface area contributed by atoms with Crippen LogP contribution in [-0.2, 0) is 14.3 Å². The lowest BCUT2D eigenvalue weighted by Crippen LogP contribution is -2.34. The van der Waals surface area contributed by atoms with E-state index >= 15 is 0 Å². The summed E-state index contributed by atoms with van der Waals surface area (Å²) in [4.78, 5) is 0. The van der Waals surface area contributed by atoms with Gasteiger partial charge in [0, 0.05) is 0 Å². The molecule has 0 amide bonds. The Labute approximate surface area is 80.6 Å². The molecule has 13 heavy (non-hydrogen) atoms. The van der Waals surface area contributed by atoms with Gasteiger partial charge in [-0.2, -0.15) is 8.42 Å². The first-order valence-corrected chi connectivity index (χ1v) is 6.60. The molecular weight excluding hydrogens is 188 g/mol. The first-order valence-electron chi connectivity index (χ1n) is 4.78. The molecule has 0 spiro atoms. The maximum absolute atomic E-state index is 11.0. The summed E-state index contributed by atoms with van der Waals surface area (Å²) in [6.07, 6.45) is 4.35. The first-order chi connectivity index (χ1) is 5.90. The Balaban J connectivity index is 2.64. The molecule has 0 bridgehead atoms. The van der Waals surface area contributed by atoms with E-state index in [0.29, 0.717) is 11.8 Å². The Bertz CT molecular complexity index is 248. The van der Waals surface area contributed by atoms with Crippen molar-refractivity contribution < 1.29 is 12.6 Å². The summed E-state index contributed by atoms with van der Waals surface area (Å²) in [5.41, 5.74) is 0. The number of rotatable bonds is 2. The van der Waals surface area contributed by atoms with Crippen molar-refractivity contribution in [3.05, 3.63) is 0 Å². The van der Waals surface area contributed by atoms with E-state index in [4.69, 9.17) is 4.18 Å². The zero-order chi connectivity index (χ0) is 10.1. The van der Waals surface area contributed by atoms with Gasteiger partial charge in [-0.05, 0) is 24.7 Å². The minimum absolute atomic E-state index is 0.108. The minimum Gasteiger partial charge on any atom is -0.266 e. The van der Waals surface area contributed by atoms with Gasteiger partial charge < -0.3 is 0 Å².